The molecule has 2 atom stereocenters. The van der Waals surface area contributed by atoms with E-state index in [-0.39, 0.29) is 4.90 Å². The van der Waals surface area contributed by atoms with Gasteiger partial charge < -0.3 is 11.1 Å². The smallest absolute Gasteiger partial charge is 0.240 e. The van der Waals surface area contributed by atoms with Crippen LogP contribution in [-0.2, 0) is 10.0 Å². The molecule has 0 radical (unpaired) electrons. The second kappa shape index (κ2) is 6.89. The van der Waals surface area contributed by atoms with E-state index in [1.165, 1.54) is 32.4 Å². The highest BCUT2D eigenvalue weighted by Gasteiger charge is 2.24. The minimum Gasteiger partial charge on any atom is -0.397 e. The Morgan fingerprint density at radius 3 is 2.62 bits per heavy atom. The number of thioether (sulfide) groups is 1. The topological polar surface area (TPSA) is 84.2 Å². The van der Waals surface area contributed by atoms with Crippen LogP contribution in [0.25, 0.3) is 0 Å². The molecule has 4 N–H and O–H groups in total. The third-order valence-electron chi connectivity index (χ3n) is 3.95. The number of nitrogens with one attached hydrogen (secondary N) is 2. The molecule has 0 bridgehead atoms. The molecule has 2 unspecified atom stereocenters. The molecule has 0 aromatic heterocycles. The van der Waals surface area contributed by atoms with Crippen LogP contribution >= 0.6 is 11.8 Å². The van der Waals surface area contributed by atoms with Gasteiger partial charge in [-0.15, -0.1) is 0 Å². The van der Waals surface area contributed by atoms with E-state index >= 15 is 0 Å². The lowest BCUT2D eigenvalue weighted by atomic mass is 9.94. The molecule has 0 aliphatic heterocycles. The first kappa shape index (κ1) is 16.5. The minimum atomic E-state index is -3.45. The van der Waals surface area contributed by atoms with Crippen molar-refractivity contribution in [1.82, 2.24) is 4.72 Å². The van der Waals surface area contributed by atoms with Gasteiger partial charge in [0, 0.05) is 11.3 Å². The van der Waals surface area contributed by atoms with E-state index in [1.54, 1.807) is 12.1 Å². The van der Waals surface area contributed by atoms with E-state index in [0.717, 1.165) is 12.1 Å². The maximum atomic E-state index is 11.8. The summed E-state index contributed by atoms with van der Waals surface area (Å²) in [5.74, 6) is 0. The van der Waals surface area contributed by atoms with Gasteiger partial charge in [-0.3, -0.25) is 0 Å². The fourth-order valence-electron chi connectivity index (χ4n) is 2.70. The van der Waals surface area contributed by atoms with Crippen LogP contribution < -0.4 is 15.8 Å². The van der Waals surface area contributed by atoms with Gasteiger partial charge in [0.15, 0.2) is 0 Å². The molecule has 0 amide bonds. The molecule has 2 rings (SSSR count). The molecule has 1 aliphatic rings. The van der Waals surface area contributed by atoms with Crippen LogP contribution in [0.5, 0.6) is 0 Å². The quantitative estimate of drug-likeness (QED) is 0.722. The van der Waals surface area contributed by atoms with E-state index in [9.17, 15) is 8.42 Å². The lowest BCUT2D eigenvalue weighted by molar-refractivity contribution is 0.475. The lowest BCUT2D eigenvalue weighted by Crippen LogP contribution is -2.34. The molecular formula is C14H23N3O2S2. The average molecular weight is 329 g/mol. The van der Waals surface area contributed by atoms with E-state index < -0.39 is 10.0 Å². The van der Waals surface area contributed by atoms with Crippen molar-refractivity contribution in [1.29, 1.82) is 0 Å². The molecule has 0 spiro atoms. The summed E-state index contributed by atoms with van der Waals surface area (Å²) in [4.78, 5) is 0.193. The van der Waals surface area contributed by atoms with Crippen molar-refractivity contribution in [3.63, 3.8) is 0 Å². The van der Waals surface area contributed by atoms with Crippen LogP contribution in [0.2, 0.25) is 0 Å². The van der Waals surface area contributed by atoms with Crippen LogP contribution in [0.1, 0.15) is 25.7 Å². The Morgan fingerprint density at radius 1 is 1.29 bits per heavy atom. The van der Waals surface area contributed by atoms with Crippen LogP contribution in [-0.4, -0.2) is 33.0 Å². The molecule has 118 valence electrons. The summed E-state index contributed by atoms with van der Waals surface area (Å²) in [6.07, 6.45) is 6.97. The van der Waals surface area contributed by atoms with E-state index in [2.05, 4.69) is 16.3 Å². The van der Waals surface area contributed by atoms with Gasteiger partial charge in [0.05, 0.1) is 16.3 Å². The summed E-state index contributed by atoms with van der Waals surface area (Å²) in [6, 6.07) is 5.24. The third-order valence-corrected chi connectivity index (χ3v) is 6.53. The molecule has 0 heterocycles. The molecule has 0 saturated heterocycles. The second-order valence-corrected chi connectivity index (χ2v) is 8.23. The largest absolute Gasteiger partial charge is 0.397 e. The Kier molecular flexibility index (Phi) is 5.40. The molecule has 5 nitrogen and oxygen atoms in total. The van der Waals surface area contributed by atoms with Gasteiger partial charge in [0.1, 0.15) is 0 Å². The number of hydrogen-bond donors (Lipinski definition) is 3. The summed E-state index contributed by atoms with van der Waals surface area (Å²) < 4.78 is 25.8. The molecule has 1 aliphatic carbocycles. The number of hydrogen-bond acceptors (Lipinski definition) is 5. The first-order chi connectivity index (χ1) is 9.97. The average Bonchev–Trinajstić information content (AvgIpc) is 2.49. The summed E-state index contributed by atoms with van der Waals surface area (Å²) >= 11 is 1.88. The highest BCUT2D eigenvalue weighted by Crippen LogP contribution is 2.31. The highest BCUT2D eigenvalue weighted by atomic mass is 32.2. The molecule has 1 fully saturated rings. The predicted octanol–water partition coefficient (Wildman–Crippen LogP) is 2.26. The van der Waals surface area contributed by atoms with Gasteiger partial charge in [0.25, 0.3) is 0 Å². The Balaban J connectivity index is 2.18. The second-order valence-electron chi connectivity index (χ2n) is 5.27. The van der Waals surface area contributed by atoms with Crippen LogP contribution in [0.4, 0.5) is 11.4 Å². The number of rotatable bonds is 5. The van der Waals surface area contributed by atoms with Crippen molar-refractivity contribution < 1.29 is 8.42 Å². The summed E-state index contributed by atoms with van der Waals surface area (Å²) in [5, 5.41) is 4.07. The number of nitrogens with two attached hydrogens (primary N) is 1. The Morgan fingerprint density at radius 2 is 2.00 bits per heavy atom. The Labute approximate surface area is 131 Å². The number of benzene rings is 1. The monoisotopic (exact) mass is 329 g/mol. The first-order valence-electron chi connectivity index (χ1n) is 7.10. The van der Waals surface area contributed by atoms with Crippen molar-refractivity contribution in [2.24, 2.45) is 0 Å². The van der Waals surface area contributed by atoms with Crippen molar-refractivity contribution in [3.8, 4) is 0 Å². The van der Waals surface area contributed by atoms with Crippen LogP contribution in [0.3, 0.4) is 0 Å². The maximum Gasteiger partial charge on any atom is 0.240 e. The van der Waals surface area contributed by atoms with E-state index in [1.807, 2.05) is 11.8 Å². The van der Waals surface area contributed by atoms with Gasteiger partial charge in [-0.1, -0.05) is 12.8 Å². The molecule has 1 aromatic rings. The normalized spacial score (nSPS) is 23.0. The number of sulfonamides is 1. The predicted molar refractivity (Wildman–Crippen MR) is 90.3 cm³/mol. The van der Waals surface area contributed by atoms with Crippen molar-refractivity contribution >= 4 is 33.2 Å². The van der Waals surface area contributed by atoms with Gasteiger partial charge in [-0.25, -0.2) is 13.1 Å². The fourth-order valence-corrected chi connectivity index (χ4v) is 4.40. The van der Waals surface area contributed by atoms with Gasteiger partial charge in [0.2, 0.25) is 10.0 Å². The summed E-state index contributed by atoms with van der Waals surface area (Å²) in [6.45, 7) is 0. The van der Waals surface area contributed by atoms with Crippen molar-refractivity contribution in [2.45, 2.75) is 41.9 Å². The molecule has 21 heavy (non-hydrogen) atoms. The van der Waals surface area contributed by atoms with E-state index in [0.29, 0.717) is 17.0 Å². The van der Waals surface area contributed by atoms with E-state index in [4.69, 9.17) is 5.73 Å². The molecule has 1 saturated carbocycles. The zero-order valence-electron chi connectivity index (χ0n) is 12.4. The Bertz CT molecular complexity index is 590. The third kappa shape index (κ3) is 3.84. The van der Waals surface area contributed by atoms with Crippen LogP contribution in [0, 0.1) is 0 Å². The van der Waals surface area contributed by atoms with Gasteiger partial charge in [-0.2, -0.15) is 11.8 Å². The standard InChI is InChI=1S/C14H23N3O2S2/c1-16-21(18,19)10-7-8-12(11(15)9-10)17-13-5-3-4-6-14(13)20-2/h7-9,13-14,16-17H,3-6,15H2,1-2H3. The lowest BCUT2D eigenvalue weighted by Gasteiger charge is -2.32. The van der Waals surface area contributed by atoms with Gasteiger partial charge in [-0.05, 0) is 44.3 Å². The minimum absolute atomic E-state index is 0.193. The zero-order chi connectivity index (χ0) is 15.5. The molecule has 1 aromatic carbocycles. The van der Waals surface area contributed by atoms with Crippen molar-refractivity contribution in [3.05, 3.63) is 18.2 Å². The molecular weight excluding hydrogens is 306 g/mol. The highest BCUT2D eigenvalue weighted by molar-refractivity contribution is 7.99. The number of nitrogen functional groups attached to an aromatic ring is 1. The summed E-state index contributed by atoms with van der Waals surface area (Å²) in [5.41, 5.74) is 7.30. The number of anilines is 2. The Hall–Kier alpha value is -0.920. The fraction of sp³-hybridized carbons (Fsp3) is 0.571. The van der Waals surface area contributed by atoms with Crippen molar-refractivity contribution in [2.75, 3.05) is 24.4 Å². The summed E-state index contributed by atoms with van der Waals surface area (Å²) in [7, 11) is -2.06. The molecule has 7 heteroatoms. The van der Waals surface area contributed by atoms with Crippen LogP contribution in [0.15, 0.2) is 23.1 Å². The zero-order valence-corrected chi connectivity index (χ0v) is 14.1. The van der Waals surface area contributed by atoms with Gasteiger partial charge >= 0.3 is 0 Å². The SMILES string of the molecule is CNS(=O)(=O)c1ccc(NC2CCCCC2SC)c(N)c1. The maximum absolute atomic E-state index is 11.8. The first-order valence-corrected chi connectivity index (χ1v) is 9.87.